The fourth-order valence-corrected chi connectivity index (χ4v) is 3.10. The van der Waals surface area contributed by atoms with E-state index in [1.807, 2.05) is 6.20 Å². The lowest BCUT2D eigenvalue weighted by molar-refractivity contribution is 0.146. The van der Waals surface area contributed by atoms with Crippen molar-refractivity contribution in [2.45, 2.75) is 31.8 Å². The van der Waals surface area contributed by atoms with Gasteiger partial charge in [0, 0.05) is 30.2 Å². The topological polar surface area (TPSA) is 42.1 Å². The van der Waals surface area contributed by atoms with Crippen LogP contribution in [-0.2, 0) is 6.54 Å². The quantitative estimate of drug-likeness (QED) is 0.926. The van der Waals surface area contributed by atoms with Gasteiger partial charge < -0.3 is 5.73 Å². The Labute approximate surface area is 111 Å². The molecule has 2 rings (SSSR count). The number of nitrogens with zero attached hydrogens (tertiary/aromatic N) is 2. The van der Waals surface area contributed by atoms with E-state index < -0.39 is 0 Å². The van der Waals surface area contributed by atoms with Crippen LogP contribution < -0.4 is 5.73 Å². The summed E-state index contributed by atoms with van der Waals surface area (Å²) in [6.07, 6.45) is 5.68. The van der Waals surface area contributed by atoms with Gasteiger partial charge in [-0.05, 0) is 19.4 Å². The number of nitrogens with two attached hydrogens (primary N) is 1. The van der Waals surface area contributed by atoms with E-state index in [2.05, 4.69) is 9.88 Å². The highest BCUT2D eigenvalue weighted by atomic mass is 35.5. The van der Waals surface area contributed by atoms with Crippen molar-refractivity contribution in [3.05, 3.63) is 15.5 Å². The Bertz CT molecular complexity index is 319. The van der Waals surface area contributed by atoms with E-state index in [0.29, 0.717) is 10.5 Å². The zero-order valence-electron chi connectivity index (χ0n) is 9.06. The fourth-order valence-electron chi connectivity index (χ4n) is 2.09. The third-order valence-electron chi connectivity index (χ3n) is 2.91. The van der Waals surface area contributed by atoms with Crippen LogP contribution in [0.4, 0.5) is 0 Å². The molecule has 1 fully saturated rings. The molecule has 1 unspecified atom stereocenters. The smallest absolute Gasteiger partial charge is 0.183 e. The highest BCUT2D eigenvalue weighted by molar-refractivity contribution is 7.15. The Morgan fingerprint density at radius 3 is 3.00 bits per heavy atom. The average molecular weight is 282 g/mol. The van der Waals surface area contributed by atoms with Crippen molar-refractivity contribution in [3.8, 4) is 0 Å². The first-order valence-corrected chi connectivity index (χ1v) is 6.53. The van der Waals surface area contributed by atoms with E-state index in [4.69, 9.17) is 17.3 Å². The molecule has 0 saturated carbocycles. The molecule has 92 valence electrons. The second kappa shape index (κ2) is 6.77. The van der Waals surface area contributed by atoms with Gasteiger partial charge in [-0.1, -0.05) is 18.0 Å². The van der Waals surface area contributed by atoms with E-state index in [9.17, 15) is 0 Å². The van der Waals surface area contributed by atoms with Crippen LogP contribution in [0.2, 0.25) is 4.47 Å². The average Bonchev–Trinajstić information content (AvgIpc) is 2.65. The lowest BCUT2D eigenvalue weighted by Gasteiger charge is -2.34. The molecule has 1 aromatic heterocycles. The molecule has 16 heavy (non-hydrogen) atoms. The minimum absolute atomic E-state index is 0. The number of aromatic nitrogens is 1. The maximum absolute atomic E-state index is 5.81. The third-order valence-corrected chi connectivity index (χ3v) is 4.01. The molecule has 1 aromatic rings. The van der Waals surface area contributed by atoms with Crippen LogP contribution in [0.5, 0.6) is 0 Å². The molecule has 0 amide bonds. The summed E-state index contributed by atoms with van der Waals surface area (Å²) in [5.41, 5.74) is 5.77. The van der Waals surface area contributed by atoms with Crippen LogP contribution in [0.25, 0.3) is 0 Å². The minimum atomic E-state index is 0. The van der Waals surface area contributed by atoms with Gasteiger partial charge in [-0.25, -0.2) is 4.98 Å². The lowest BCUT2D eigenvalue weighted by Crippen LogP contribution is -2.43. The van der Waals surface area contributed by atoms with E-state index in [1.165, 1.54) is 24.1 Å². The second-order valence-corrected chi connectivity index (χ2v) is 5.63. The molecule has 1 saturated heterocycles. The number of halogens is 2. The van der Waals surface area contributed by atoms with E-state index in [0.717, 1.165) is 19.6 Å². The Hall–Kier alpha value is 0.130. The van der Waals surface area contributed by atoms with E-state index >= 15 is 0 Å². The summed E-state index contributed by atoms with van der Waals surface area (Å²) in [4.78, 5) is 7.75. The van der Waals surface area contributed by atoms with Crippen molar-refractivity contribution in [2.75, 3.05) is 13.1 Å². The largest absolute Gasteiger partial charge is 0.329 e. The number of rotatable bonds is 3. The van der Waals surface area contributed by atoms with Crippen molar-refractivity contribution in [2.24, 2.45) is 5.73 Å². The van der Waals surface area contributed by atoms with Crippen LogP contribution >= 0.6 is 35.3 Å². The maximum Gasteiger partial charge on any atom is 0.183 e. The molecule has 0 aromatic carbocycles. The molecule has 0 radical (unpaired) electrons. The van der Waals surface area contributed by atoms with Crippen molar-refractivity contribution >= 4 is 35.3 Å². The highest BCUT2D eigenvalue weighted by Crippen LogP contribution is 2.23. The van der Waals surface area contributed by atoms with Gasteiger partial charge in [-0.15, -0.1) is 23.7 Å². The van der Waals surface area contributed by atoms with Crippen molar-refractivity contribution < 1.29 is 0 Å². The first kappa shape index (κ1) is 14.2. The summed E-state index contributed by atoms with van der Waals surface area (Å²) in [7, 11) is 0. The summed E-state index contributed by atoms with van der Waals surface area (Å²) < 4.78 is 0.631. The van der Waals surface area contributed by atoms with Crippen LogP contribution in [0.3, 0.4) is 0 Å². The van der Waals surface area contributed by atoms with Crippen molar-refractivity contribution in [3.63, 3.8) is 0 Å². The summed E-state index contributed by atoms with van der Waals surface area (Å²) in [6, 6.07) is 0.541. The van der Waals surface area contributed by atoms with E-state index in [1.54, 1.807) is 11.3 Å². The number of piperidine rings is 1. The summed E-state index contributed by atoms with van der Waals surface area (Å²) in [6.45, 7) is 2.86. The number of hydrogen-bond acceptors (Lipinski definition) is 4. The van der Waals surface area contributed by atoms with Gasteiger partial charge in [0.15, 0.2) is 4.47 Å². The molecule has 6 heteroatoms. The molecule has 0 bridgehead atoms. The Balaban J connectivity index is 0.00000128. The summed E-state index contributed by atoms with van der Waals surface area (Å²) in [5.74, 6) is 0. The standard InChI is InChI=1S/C10H16ClN3S.ClH/c11-10-13-6-9(15-10)7-14-4-2-1-3-8(14)5-12;/h6,8H,1-5,7,12H2;1H. The van der Waals surface area contributed by atoms with Crippen molar-refractivity contribution in [1.82, 2.24) is 9.88 Å². The molecule has 2 heterocycles. The molecule has 0 aliphatic carbocycles. The van der Waals surface area contributed by atoms with Crippen molar-refractivity contribution in [1.29, 1.82) is 0 Å². The van der Waals surface area contributed by atoms with Gasteiger partial charge >= 0.3 is 0 Å². The molecule has 3 nitrogen and oxygen atoms in total. The molecular weight excluding hydrogens is 265 g/mol. The Morgan fingerprint density at radius 2 is 2.38 bits per heavy atom. The monoisotopic (exact) mass is 281 g/mol. The van der Waals surface area contributed by atoms with Gasteiger partial charge in [0.1, 0.15) is 0 Å². The predicted molar refractivity (Wildman–Crippen MR) is 71.5 cm³/mol. The number of hydrogen-bond donors (Lipinski definition) is 1. The molecular formula is C10H17Cl2N3S. The Morgan fingerprint density at radius 1 is 1.56 bits per heavy atom. The van der Waals surface area contributed by atoms with Gasteiger partial charge in [0.05, 0.1) is 0 Å². The first-order valence-electron chi connectivity index (χ1n) is 5.34. The van der Waals surface area contributed by atoms with Crippen LogP contribution in [-0.4, -0.2) is 29.0 Å². The number of likely N-dealkylation sites (tertiary alicyclic amines) is 1. The van der Waals surface area contributed by atoms with Crippen LogP contribution in [0.1, 0.15) is 24.1 Å². The molecule has 0 spiro atoms. The number of thiazole rings is 1. The first-order chi connectivity index (χ1) is 7.29. The lowest BCUT2D eigenvalue weighted by atomic mass is 10.0. The Kier molecular flexibility index (Phi) is 6.00. The molecule has 1 atom stereocenters. The molecule has 1 aliphatic rings. The van der Waals surface area contributed by atoms with E-state index in [-0.39, 0.29) is 12.4 Å². The van der Waals surface area contributed by atoms with Crippen LogP contribution in [0.15, 0.2) is 6.20 Å². The fraction of sp³-hybridized carbons (Fsp3) is 0.700. The third kappa shape index (κ3) is 3.57. The summed E-state index contributed by atoms with van der Waals surface area (Å²) >= 11 is 7.38. The van der Waals surface area contributed by atoms with Gasteiger partial charge in [-0.2, -0.15) is 0 Å². The summed E-state index contributed by atoms with van der Waals surface area (Å²) in [5, 5.41) is 0. The minimum Gasteiger partial charge on any atom is -0.329 e. The van der Waals surface area contributed by atoms with Crippen LogP contribution in [0, 0.1) is 0 Å². The normalized spacial score (nSPS) is 21.8. The van der Waals surface area contributed by atoms with Gasteiger partial charge in [0.2, 0.25) is 0 Å². The highest BCUT2D eigenvalue weighted by Gasteiger charge is 2.21. The zero-order chi connectivity index (χ0) is 10.7. The van der Waals surface area contributed by atoms with Gasteiger partial charge in [0.25, 0.3) is 0 Å². The molecule has 1 aliphatic heterocycles. The second-order valence-electron chi connectivity index (χ2n) is 3.94. The zero-order valence-corrected chi connectivity index (χ0v) is 11.5. The predicted octanol–water partition coefficient (Wildman–Crippen LogP) is 2.53. The molecule has 2 N–H and O–H groups in total. The SMILES string of the molecule is Cl.NCC1CCCCN1Cc1cnc(Cl)s1. The maximum atomic E-state index is 5.81. The van der Waals surface area contributed by atoms with Gasteiger partial charge in [-0.3, -0.25) is 4.90 Å².